The molecule has 2 N–H and O–H groups in total. The number of halogens is 3. The minimum atomic E-state index is -0.931. The molecule has 0 radical (unpaired) electrons. The van der Waals surface area contributed by atoms with Crippen molar-refractivity contribution in [2.75, 3.05) is 5.32 Å². The molecule has 0 bridgehead atoms. The molecule has 148 valence electrons. The van der Waals surface area contributed by atoms with E-state index in [4.69, 9.17) is 4.74 Å². The minimum absolute atomic E-state index is 0.332. The number of anilines is 1. The molecule has 1 aliphatic rings. The van der Waals surface area contributed by atoms with E-state index in [9.17, 15) is 22.8 Å². The molecule has 2 aromatic carbocycles. The maximum atomic E-state index is 13.7. The van der Waals surface area contributed by atoms with Crippen LogP contribution >= 0.6 is 0 Å². The normalized spacial score (nSPS) is 19.0. The van der Waals surface area contributed by atoms with Gasteiger partial charge in [0.2, 0.25) is 0 Å². The fourth-order valence-electron chi connectivity index (χ4n) is 3.19. The summed E-state index contributed by atoms with van der Waals surface area (Å²) in [6.07, 6.45) is 1.09. The van der Waals surface area contributed by atoms with E-state index in [-0.39, 0.29) is 6.04 Å². The van der Waals surface area contributed by atoms with Crippen LogP contribution in [0.3, 0.4) is 0 Å². The molecule has 0 unspecified atom stereocenters. The van der Waals surface area contributed by atoms with Gasteiger partial charge in [-0.1, -0.05) is 6.07 Å². The van der Waals surface area contributed by atoms with Crippen molar-refractivity contribution in [1.82, 2.24) is 5.32 Å². The van der Waals surface area contributed by atoms with Gasteiger partial charge < -0.3 is 10.1 Å². The molecular formula is C20H19F3N2O3. The number of carbonyl (C=O) groups is 2. The van der Waals surface area contributed by atoms with E-state index in [1.54, 1.807) is 0 Å². The Balaban J connectivity index is 1.54. The van der Waals surface area contributed by atoms with Gasteiger partial charge in [0.1, 0.15) is 29.1 Å². The molecule has 2 amide bonds. The number of hydrogen-bond donors (Lipinski definition) is 2. The molecule has 1 saturated carbocycles. The molecular weight excluding hydrogens is 373 g/mol. The number of benzene rings is 2. The maximum Gasteiger partial charge on any atom is 0.411 e. The third-order valence-corrected chi connectivity index (χ3v) is 4.52. The molecule has 5 nitrogen and oxygen atoms in total. The smallest absolute Gasteiger partial charge is 0.411 e. The third kappa shape index (κ3) is 5.03. The van der Waals surface area contributed by atoms with Gasteiger partial charge in [0, 0.05) is 18.2 Å². The fourth-order valence-corrected chi connectivity index (χ4v) is 3.19. The van der Waals surface area contributed by atoms with Crippen molar-refractivity contribution >= 4 is 17.7 Å². The zero-order valence-corrected chi connectivity index (χ0v) is 14.9. The number of ether oxygens (including phenoxy) is 1. The Morgan fingerprint density at radius 1 is 0.964 bits per heavy atom. The lowest BCUT2D eigenvalue weighted by atomic mass is 9.92. The van der Waals surface area contributed by atoms with Crippen LogP contribution in [0.15, 0.2) is 42.5 Å². The Morgan fingerprint density at radius 2 is 1.64 bits per heavy atom. The van der Waals surface area contributed by atoms with Crippen LogP contribution in [0.25, 0.3) is 0 Å². The van der Waals surface area contributed by atoms with Crippen molar-refractivity contribution in [1.29, 1.82) is 0 Å². The topological polar surface area (TPSA) is 67.4 Å². The monoisotopic (exact) mass is 392 g/mol. The quantitative estimate of drug-likeness (QED) is 0.811. The fraction of sp³-hybridized carbons (Fsp3) is 0.300. The van der Waals surface area contributed by atoms with E-state index in [1.807, 2.05) is 0 Å². The first-order valence-electron chi connectivity index (χ1n) is 8.90. The number of hydrogen-bond acceptors (Lipinski definition) is 3. The summed E-state index contributed by atoms with van der Waals surface area (Å²) in [6.45, 7) is 0. The van der Waals surface area contributed by atoms with Crippen LogP contribution in [0.2, 0.25) is 0 Å². The van der Waals surface area contributed by atoms with Crippen LogP contribution in [-0.2, 0) is 4.74 Å². The van der Waals surface area contributed by atoms with Crippen LogP contribution in [-0.4, -0.2) is 24.1 Å². The first kappa shape index (κ1) is 19.7. The van der Waals surface area contributed by atoms with Crippen molar-refractivity contribution in [3.8, 4) is 0 Å². The second kappa shape index (κ2) is 8.77. The molecule has 28 heavy (non-hydrogen) atoms. The highest BCUT2D eigenvalue weighted by molar-refractivity contribution is 5.95. The standard InChI is InChI=1S/C20H19F3N2O3/c21-12-7-9-13(10-8-12)25-20(27)28-15-4-1-3-14(11-15)24-19(26)18-16(22)5-2-6-17(18)23/h2,5-10,14-15H,1,3-4,11H2,(H,24,26)(H,25,27)/t14-,15+/m0/s1. The lowest BCUT2D eigenvalue weighted by Crippen LogP contribution is -2.41. The van der Waals surface area contributed by atoms with Gasteiger partial charge in [-0.3, -0.25) is 10.1 Å². The molecule has 3 rings (SSSR count). The number of carbonyl (C=O) groups excluding carboxylic acids is 2. The van der Waals surface area contributed by atoms with Crippen molar-refractivity contribution in [3.63, 3.8) is 0 Å². The molecule has 0 saturated heterocycles. The Morgan fingerprint density at radius 3 is 2.32 bits per heavy atom. The Labute approximate surface area is 159 Å². The summed E-state index contributed by atoms with van der Waals surface area (Å²) in [4.78, 5) is 24.2. The van der Waals surface area contributed by atoms with Crippen LogP contribution in [0, 0.1) is 17.5 Å². The van der Waals surface area contributed by atoms with Gasteiger partial charge in [0.05, 0.1) is 0 Å². The SMILES string of the molecule is O=C(Nc1ccc(F)cc1)O[C@@H]1CCC[C@H](NC(=O)c2c(F)cccc2F)C1. The summed E-state index contributed by atoms with van der Waals surface area (Å²) < 4.78 is 45.7. The molecule has 1 fully saturated rings. The summed E-state index contributed by atoms with van der Waals surface area (Å²) >= 11 is 0. The highest BCUT2D eigenvalue weighted by atomic mass is 19.1. The third-order valence-electron chi connectivity index (χ3n) is 4.52. The molecule has 0 aliphatic heterocycles. The van der Waals surface area contributed by atoms with Crippen LogP contribution in [0.5, 0.6) is 0 Å². The predicted molar refractivity (Wildman–Crippen MR) is 96.4 cm³/mol. The second-order valence-corrected chi connectivity index (χ2v) is 6.59. The molecule has 1 aliphatic carbocycles. The first-order chi connectivity index (χ1) is 13.4. The molecule has 0 heterocycles. The molecule has 0 aromatic heterocycles. The summed E-state index contributed by atoms with van der Waals surface area (Å²) in [6, 6.07) is 8.09. The molecule has 2 atom stereocenters. The van der Waals surface area contributed by atoms with Crippen LogP contribution < -0.4 is 10.6 Å². The number of nitrogens with one attached hydrogen (secondary N) is 2. The van der Waals surface area contributed by atoms with Crippen molar-refractivity contribution in [2.45, 2.75) is 37.8 Å². The highest BCUT2D eigenvalue weighted by Crippen LogP contribution is 2.23. The van der Waals surface area contributed by atoms with E-state index >= 15 is 0 Å². The Bertz CT molecular complexity index is 838. The van der Waals surface area contributed by atoms with Crippen LogP contribution in [0.4, 0.5) is 23.7 Å². The van der Waals surface area contributed by atoms with E-state index in [1.165, 1.54) is 30.3 Å². The average molecular weight is 392 g/mol. The summed E-state index contributed by atoms with van der Waals surface area (Å²) in [5.41, 5.74) is -0.235. The first-order valence-corrected chi connectivity index (χ1v) is 8.90. The van der Waals surface area contributed by atoms with Gasteiger partial charge in [-0.25, -0.2) is 18.0 Å². The van der Waals surface area contributed by atoms with Gasteiger partial charge in [-0.2, -0.15) is 0 Å². The molecule has 0 spiro atoms. The maximum absolute atomic E-state index is 13.7. The minimum Gasteiger partial charge on any atom is -0.446 e. The van der Waals surface area contributed by atoms with Gasteiger partial charge in [0.15, 0.2) is 0 Å². The van der Waals surface area contributed by atoms with E-state index in [2.05, 4.69) is 10.6 Å². The number of amides is 2. The van der Waals surface area contributed by atoms with Crippen molar-refractivity contribution in [3.05, 3.63) is 65.5 Å². The van der Waals surface area contributed by atoms with Gasteiger partial charge in [0.25, 0.3) is 5.91 Å². The van der Waals surface area contributed by atoms with E-state index in [0.29, 0.717) is 31.4 Å². The average Bonchev–Trinajstić information content (AvgIpc) is 2.64. The Hall–Kier alpha value is -3.03. The molecule has 2 aromatic rings. The second-order valence-electron chi connectivity index (χ2n) is 6.59. The zero-order valence-electron chi connectivity index (χ0n) is 14.9. The highest BCUT2D eigenvalue weighted by Gasteiger charge is 2.28. The summed E-state index contributed by atoms with van der Waals surface area (Å²) in [5, 5.41) is 5.10. The van der Waals surface area contributed by atoms with Gasteiger partial charge >= 0.3 is 6.09 Å². The van der Waals surface area contributed by atoms with Crippen molar-refractivity contribution < 1.29 is 27.5 Å². The molecule has 8 heteroatoms. The Kier molecular flexibility index (Phi) is 6.18. The van der Waals surface area contributed by atoms with Gasteiger partial charge in [-0.15, -0.1) is 0 Å². The van der Waals surface area contributed by atoms with Crippen molar-refractivity contribution in [2.24, 2.45) is 0 Å². The lowest BCUT2D eigenvalue weighted by Gasteiger charge is -2.29. The van der Waals surface area contributed by atoms with Crippen LogP contribution in [0.1, 0.15) is 36.0 Å². The zero-order chi connectivity index (χ0) is 20.1. The lowest BCUT2D eigenvalue weighted by molar-refractivity contribution is 0.0710. The summed E-state index contributed by atoms with van der Waals surface area (Å²) in [5.74, 6) is -3.12. The van der Waals surface area contributed by atoms with E-state index in [0.717, 1.165) is 12.1 Å². The summed E-state index contributed by atoms with van der Waals surface area (Å²) in [7, 11) is 0. The largest absolute Gasteiger partial charge is 0.446 e. The van der Waals surface area contributed by atoms with E-state index < -0.39 is 41.1 Å². The predicted octanol–water partition coefficient (Wildman–Crippen LogP) is 4.39. The van der Waals surface area contributed by atoms with Gasteiger partial charge in [-0.05, 0) is 55.7 Å². The number of rotatable bonds is 4.